The summed E-state index contributed by atoms with van der Waals surface area (Å²) < 4.78 is 28.8. The van der Waals surface area contributed by atoms with Crippen molar-refractivity contribution in [3.63, 3.8) is 0 Å². The van der Waals surface area contributed by atoms with Gasteiger partial charge in [-0.1, -0.05) is 6.07 Å². The second-order valence-corrected chi connectivity index (χ2v) is 7.56. The lowest BCUT2D eigenvalue weighted by Crippen LogP contribution is -2.22. The van der Waals surface area contributed by atoms with Crippen molar-refractivity contribution in [3.8, 4) is 0 Å². The van der Waals surface area contributed by atoms with E-state index in [2.05, 4.69) is 30.9 Å². The molecule has 2 unspecified atom stereocenters. The summed E-state index contributed by atoms with van der Waals surface area (Å²) >= 11 is 0. The van der Waals surface area contributed by atoms with E-state index in [4.69, 9.17) is 0 Å². The third-order valence-corrected chi connectivity index (χ3v) is 5.40. The van der Waals surface area contributed by atoms with Crippen LogP contribution in [0, 0.1) is 24.6 Å². The van der Waals surface area contributed by atoms with E-state index in [0.717, 1.165) is 6.42 Å². The molecule has 4 rings (SSSR count). The summed E-state index contributed by atoms with van der Waals surface area (Å²) in [4.78, 5) is 33.5. The Labute approximate surface area is 176 Å². The highest BCUT2D eigenvalue weighted by Crippen LogP contribution is 2.31. The number of pyridine rings is 1. The maximum atomic E-state index is 14.7. The van der Waals surface area contributed by atoms with Crippen molar-refractivity contribution in [2.24, 2.45) is 5.92 Å². The molecule has 1 amide bonds. The Kier molecular flexibility index (Phi) is 5.64. The largest absolute Gasteiger partial charge is 0.381 e. The maximum absolute atomic E-state index is 14.7. The summed E-state index contributed by atoms with van der Waals surface area (Å²) in [6.07, 6.45) is 0.866. The van der Waals surface area contributed by atoms with Crippen LogP contribution in [-0.4, -0.2) is 40.5 Å². The van der Waals surface area contributed by atoms with Crippen molar-refractivity contribution < 1.29 is 13.6 Å². The van der Waals surface area contributed by atoms with E-state index in [9.17, 15) is 18.4 Å². The Hall–Kier alpha value is -3.40. The molecular weight excluding hydrogens is 406 g/mol. The second-order valence-electron chi connectivity index (χ2n) is 7.56. The first-order valence-electron chi connectivity index (χ1n) is 9.91. The SMILES string of the molecule is CNC(=O)c1ccc(NCC2CC2NCc2ccc3nc(C)c(=O)[nH]c3c2F)c(F)n1. The third kappa shape index (κ3) is 4.38. The fraction of sp³-hybridized carbons (Fsp3) is 0.333. The minimum atomic E-state index is -0.734. The van der Waals surface area contributed by atoms with E-state index in [0.29, 0.717) is 29.9 Å². The minimum absolute atomic E-state index is 0.0145. The summed E-state index contributed by atoms with van der Waals surface area (Å²) in [7, 11) is 1.45. The zero-order chi connectivity index (χ0) is 22.1. The quantitative estimate of drug-likeness (QED) is 0.428. The number of halogens is 2. The molecule has 1 saturated carbocycles. The Bertz CT molecular complexity index is 1210. The fourth-order valence-electron chi connectivity index (χ4n) is 3.42. The highest BCUT2D eigenvalue weighted by molar-refractivity contribution is 5.92. The first kappa shape index (κ1) is 20.9. The van der Waals surface area contributed by atoms with Crippen molar-refractivity contribution >= 4 is 22.6 Å². The van der Waals surface area contributed by atoms with Crippen LogP contribution < -0.4 is 21.5 Å². The lowest BCUT2D eigenvalue weighted by molar-refractivity contribution is 0.0957. The van der Waals surface area contributed by atoms with Crippen LogP contribution in [0.3, 0.4) is 0 Å². The highest BCUT2D eigenvalue weighted by Gasteiger charge is 2.36. The average Bonchev–Trinajstić information content (AvgIpc) is 3.51. The molecular formula is C21H22F2N6O2. The third-order valence-electron chi connectivity index (χ3n) is 5.40. The summed E-state index contributed by atoms with van der Waals surface area (Å²) in [5.41, 5.74) is 1.08. The molecule has 0 bridgehead atoms. The molecule has 1 fully saturated rings. The molecule has 0 aliphatic heterocycles. The molecule has 0 spiro atoms. The van der Waals surface area contributed by atoms with Gasteiger partial charge in [-0.2, -0.15) is 4.39 Å². The average molecular weight is 428 g/mol. The molecule has 2 aromatic heterocycles. The van der Waals surface area contributed by atoms with Crippen LogP contribution in [-0.2, 0) is 6.54 Å². The summed E-state index contributed by atoms with van der Waals surface area (Å²) in [5, 5.41) is 8.68. The zero-order valence-electron chi connectivity index (χ0n) is 17.1. The van der Waals surface area contributed by atoms with Crippen LogP contribution in [0.2, 0.25) is 0 Å². The molecule has 2 atom stereocenters. The summed E-state index contributed by atoms with van der Waals surface area (Å²) in [6.45, 7) is 2.40. The number of benzene rings is 1. The molecule has 0 radical (unpaired) electrons. The topological polar surface area (TPSA) is 112 Å². The van der Waals surface area contributed by atoms with E-state index < -0.39 is 23.2 Å². The number of aromatic nitrogens is 3. The van der Waals surface area contributed by atoms with Gasteiger partial charge in [0, 0.05) is 31.7 Å². The second kappa shape index (κ2) is 8.38. The van der Waals surface area contributed by atoms with Crippen LogP contribution in [0.1, 0.15) is 28.2 Å². The normalized spacial score (nSPS) is 17.5. The molecule has 3 aromatic rings. The summed E-state index contributed by atoms with van der Waals surface area (Å²) in [6, 6.07) is 6.44. The number of amides is 1. The molecule has 4 N–H and O–H groups in total. The van der Waals surface area contributed by atoms with Gasteiger partial charge < -0.3 is 20.9 Å². The van der Waals surface area contributed by atoms with E-state index in [1.54, 1.807) is 19.1 Å². The van der Waals surface area contributed by atoms with Gasteiger partial charge in [-0.25, -0.2) is 14.4 Å². The number of H-pyrrole nitrogens is 1. The fourth-order valence-corrected chi connectivity index (χ4v) is 3.42. The smallest absolute Gasteiger partial charge is 0.269 e. The molecule has 2 heterocycles. The molecule has 162 valence electrons. The van der Waals surface area contributed by atoms with Crippen molar-refractivity contribution in [2.45, 2.75) is 25.9 Å². The number of fused-ring (bicyclic) bond motifs is 1. The van der Waals surface area contributed by atoms with Gasteiger partial charge in [0.1, 0.15) is 16.9 Å². The first-order valence-corrected chi connectivity index (χ1v) is 9.91. The predicted molar refractivity (Wildman–Crippen MR) is 112 cm³/mol. The van der Waals surface area contributed by atoms with Gasteiger partial charge in [0.05, 0.1) is 11.2 Å². The van der Waals surface area contributed by atoms with Crippen LogP contribution in [0.4, 0.5) is 14.5 Å². The molecule has 1 aliphatic rings. The Morgan fingerprint density at radius 2 is 2.03 bits per heavy atom. The van der Waals surface area contributed by atoms with Crippen LogP contribution in [0.5, 0.6) is 0 Å². The van der Waals surface area contributed by atoms with Gasteiger partial charge >= 0.3 is 0 Å². The van der Waals surface area contributed by atoms with Crippen molar-refractivity contribution in [1.29, 1.82) is 0 Å². The number of aromatic amines is 1. The Balaban J connectivity index is 1.32. The number of carbonyl (C=O) groups is 1. The van der Waals surface area contributed by atoms with Crippen LogP contribution >= 0.6 is 0 Å². The van der Waals surface area contributed by atoms with Gasteiger partial charge in [0.15, 0.2) is 5.82 Å². The van der Waals surface area contributed by atoms with Gasteiger partial charge in [-0.05, 0) is 37.5 Å². The van der Waals surface area contributed by atoms with Crippen LogP contribution in [0.15, 0.2) is 29.1 Å². The number of aryl methyl sites for hydroxylation is 1. The lowest BCUT2D eigenvalue weighted by Gasteiger charge is -2.10. The van der Waals surface area contributed by atoms with Crippen molar-refractivity contribution in [2.75, 3.05) is 18.9 Å². The van der Waals surface area contributed by atoms with Gasteiger partial charge in [0.2, 0.25) is 5.95 Å². The first-order chi connectivity index (χ1) is 14.9. The minimum Gasteiger partial charge on any atom is -0.381 e. The molecule has 8 nitrogen and oxygen atoms in total. The number of hydrogen-bond acceptors (Lipinski definition) is 6. The lowest BCUT2D eigenvalue weighted by atomic mass is 10.1. The maximum Gasteiger partial charge on any atom is 0.269 e. The molecule has 31 heavy (non-hydrogen) atoms. The summed E-state index contributed by atoms with van der Waals surface area (Å²) in [5.74, 6) is -1.42. The predicted octanol–water partition coefficient (Wildman–Crippen LogP) is 1.85. The Morgan fingerprint density at radius 3 is 2.77 bits per heavy atom. The number of hydrogen-bond donors (Lipinski definition) is 4. The monoisotopic (exact) mass is 428 g/mol. The van der Waals surface area contributed by atoms with Crippen LogP contribution in [0.25, 0.3) is 11.0 Å². The number of nitrogens with one attached hydrogen (secondary N) is 4. The van der Waals surface area contributed by atoms with E-state index in [1.807, 2.05) is 0 Å². The Morgan fingerprint density at radius 1 is 1.23 bits per heavy atom. The van der Waals surface area contributed by atoms with E-state index in [1.165, 1.54) is 19.2 Å². The highest BCUT2D eigenvalue weighted by atomic mass is 19.1. The van der Waals surface area contributed by atoms with Crippen molar-refractivity contribution in [3.05, 3.63) is 63.3 Å². The van der Waals surface area contributed by atoms with Gasteiger partial charge in [-0.15, -0.1) is 0 Å². The van der Waals surface area contributed by atoms with E-state index >= 15 is 0 Å². The van der Waals surface area contributed by atoms with Crippen molar-refractivity contribution in [1.82, 2.24) is 25.6 Å². The molecule has 0 saturated heterocycles. The van der Waals surface area contributed by atoms with Gasteiger partial charge in [0.25, 0.3) is 11.5 Å². The number of nitrogens with zero attached hydrogens (tertiary/aromatic N) is 2. The molecule has 1 aromatic carbocycles. The standard InChI is InChI=1S/C21H22F2N6O2/c1-10-20(30)29-18-13(27-10)4-3-11(17(18)22)8-26-16-7-12(16)9-25-14-5-6-15(21(31)24-2)28-19(14)23/h3-6,12,16,25-26H,7-9H2,1-2H3,(H,24,31)(H,29,30). The van der Waals surface area contributed by atoms with Gasteiger partial charge in [-0.3, -0.25) is 9.59 Å². The number of anilines is 1. The molecule has 10 heteroatoms. The van der Waals surface area contributed by atoms with E-state index in [-0.39, 0.29) is 28.9 Å². The molecule has 1 aliphatic carbocycles. The number of carbonyl (C=O) groups excluding carboxylic acids is 1. The zero-order valence-corrected chi connectivity index (χ0v) is 17.1. The number of rotatable bonds is 7.